The molecule has 0 aliphatic carbocycles. The first-order valence-corrected chi connectivity index (χ1v) is 5.98. The first-order valence-electron chi connectivity index (χ1n) is 5.21. The van der Waals surface area contributed by atoms with Gasteiger partial charge in [0.2, 0.25) is 0 Å². The molecule has 0 radical (unpaired) electrons. The summed E-state index contributed by atoms with van der Waals surface area (Å²) < 4.78 is 3.93. The van der Waals surface area contributed by atoms with Crippen LogP contribution in [-0.4, -0.2) is 9.59 Å². The van der Waals surface area contributed by atoms with Gasteiger partial charge in [0.15, 0.2) is 0 Å². The lowest BCUT2D eigenvalue weighted by Crippen LogP contribution is -2.13. The molecular weight excluding hydrogens is 218 g/mol. The van der Waals surface area contributed by atoms with E-state index in [2.05, 4.69) is 41.6 Å². The monoisotopic (exact) mass is 233 g/mol. The topological polar surface area (TPSA) is 51.8 Å². The lowest BCUT2D eigenvalue weighted by atomic mass is 9.98. The molecule has 1 aromatic heterocycles. The number of benzene rings is 1. The van der Waals surface area contributed by atoms with Crippen LogP contribution < -0.4 is 5.73 Å². The molecule has 3 nitrogen and oxygen atoms in total. The average Bonchev–Trinajstić information content (AvgIpc) is 2.67. The molecule has 84 valence electrons. The van der Waals surface area contributed by atoms with Crippen molar-refractivity contribution in [1.82, 2.24) is 9.59 Å². The predicted octanol–water partition coefficient (Wildman–Crippen LogP) is 2.51. The summed E-state index contributed by atoms with van der Waals surface area (Å²) in [4.78, 5) is 1.05. The molecule has 2 aromatic rings. The Balaban J connectivity index is 2.45. The van der Waals surface area contributed by atoms with Crippen molar-refractivity contribution >= 4 is 11.5 Å². The Morgan fingerprint density at radius 1 is 1.25 bits per heavy atom. The van der Waals surface area contributed by atoms with Crippen molar-refractivity contribution in [2.45, 2.75) is 26.8 Å². The highest BCUT2D eigenvalue weighted by atomic mass is 32.1. The third-order valence-corrected chi connectivity index (χ3v) is 3.65. The van der Waals surface area contributed by atoms with Gasteiger partial charge < -0.3 is 5.73 Å². The Morgan fingerprint density at radius 3 is 2.62 bits per heavy atom. The van der Waals surface area contributed by atoms with Crippen molar-refractivity contribution in [3.63, 3.8) is 0 Å². The predicted molar refractivity (Wildman–Crippen MR) is 66.6 cm³/mol. The summed E-state index contributed by atoms with van der Waals surface area (Å²) in [6.07, 6.45) is 0. The molecule has 0 saturated heterocycles. The maximum absolute atomic E-state index is 6.26. The summed E-state index contributed by atoms with van der Waals surface area (Å²) in [6, 6.07) is 6.23. The first kappa shape index (κ1) is 11.2. The second kappa shape index (κ2) is 4.31. The van der Waals surface area contributed by atoms with E-state index in [9.17, 15) is 0 Å². The van der Waals surface area contributed by atoms with E-state index in [4.69, 9.17) is 5.73 Å². The van der Waals surface area contributed by atoms with Gasteiger partial charge in [0, 0.05) is 0 Å². The molecular formula is C12H15N3S. The van der Waals surface area contributed by atoms with Crippen LogP contribution >= 0.6 is 11.5 Å². The fourth-order valence-corrected chi connectivity index (χ4v) is 2.42. The van der Waals surface area contributed by atoms with Crippen LogP contribution in [0.3, 0.4) is 0 Å². The highest BCUT2D eigenvalue weighted by molar-refractivity contribution is 7.05. The van der Waals surface area contributed by atoms with Gasteiger partial charge in [-0.25, -0.2) is 0 Å². The lowest BCUT2D eigenvalue weighted by Gasteiger charge is -2.14. The van der Waals surface area contributed by atoms with Crippen molar-refractivity contribution in [3.8, 4) is 0 Å². The molecule has 1 aromatic carbocycles. The number of hydrogen-bond acceptors (Lipinski definition) is 4. The highest BCUT2D eigenvalue weighted by Crippen LogP contribution is 2.27. The fourth-order valence-electron chi connectivity index (χ4n) is 1.76. The minimum Gasteiger partial charge on any atom is -0.319 e. The summed E-state index contributed by atoms with van der Waals surface area (Å²) >= 11 is 1.38. The molecule has 0 spiro atoms. The largest absolute Gasteiger partial charge is 0.319 e. The van der Waals surface area contributed by atoms with Gasteiger partial charge in [-0.1, -0.05) is 28.3 Å². The Morgan fingerprint density at radius 2 is 2.00 bits per heavy atom. The maximum atomic E-state index is 6.26. The highest BCUT2D eigenvalue weighted by Gasteiger charge is 2.16. The molecule has 0 aliphatic heterocycles. The van der Waals surface area contributed by atoms with Crippen molar-refractivity contribution in [2.24, 2.45) is 5.73 Å². The van der Waals surface area contributed by atoms with Gasteiger partial charge in [-0.05, 0) is 43.4 Å². The third kappa shape index (κ3) is 1.99. The van der Waals surface area contributed by atoms with Crippen molar-refractivity contribution in [3.05, 3.63) is 45.5 Å². The molecule has 16 heavy (non-hydrogen) atoms. The van der Waals surface area contributed by atoms with E-state index in [1.807, 2.05) is 6.92 Å². The Kier molecular flexibility index (Phi) is 3.03. The van der Waals surface area contributed by atoms with E-state index >= 15 is 0 Å². The lowest BCUT2D eigenvalue weighted by molar-refractivity contribution is 0.863. The zero-order valence-corrected chi connectivity index (χ0v) is 10.5. The van der Waals surface area contributed by atoms with Gasteiger partial charge in [0.1, 0.15) is 0 Å². The smallest absolute Gasteiger partial charge is 0.0776 e. The van der Waals surface area contributed by atoms with Crippen LogP contribution in [0.2, 0.25) is 0 Å². The van der Waals surface area contributed by atoms with E-state index in [0.717, 1.165) is 16.1 Å². The third-order valence-electron chi connectivity index (χ3n) is 2.74. The van der Waals surface area contributed by atoms with E-state index in [1.54, 1.807) is 0 Å². The summed E-state index contributed by atoms with van der Waals surface area (Å²) in [7, 11) is 0. The molecule has 2 rings (SSSR count). The number of rotatable bonds is 2. The van der Waals surface area contributed by atoms with Crippen LogP contribution in [0.5, 0.6) is 0 Å². The molecule has 2 N–H and O–H groups in total. The molecule has 4 heteroatoms. The molecule has 0 aliphatic rings. The number of nitrogens with two attached hydrogens (primary N) is 1. The number of aromatic nitrogens is 2. The second-order valence-corrected chi connectivity index (χ2v) is 4.85. The van der Waals surface area contributed by atoms with E-state index in [0.29, 0.717) is 0 Å². The van der Waals surface area contributed by atoms with Crippen molar-refractivity contribution in [1.29, 1.82) is 0 Å². The molecule has 1 unspecified atom stereocenters. The zero-order chi connectivity index (χ0) is 11.7. The summed E-state index contributed by atoms with van der Waals surface area (Å²) in [5.41, 5.74) is 10.8. The molecule has 1 atom stereocenters. The summed E-state index contributed by atoms with van der Waals surface area (Å²) in [5.74, 6) is 0. The minimum absolute atomic E-state index is 0.111. The van der Waals surface area contributed by atoms with Gasteiger partial charge in [-0.15, -0.1) is 5.10 Å². The van der Waals surface area contributed by atoms with Crippen LogP contribution in [-0.2, 0) is 0 Å². The Hall–Kier alpha value is -1.26. The van der Waals surface area contributed by atoms with Gasteiger partial charge >= 0.3 is 0 Å². The Labute approximate surface area is 99.5 Å². The van der Waals surface area contributed by atoms with Crippen LogP contribution in [0.15, 0.2) is 18.2 Å². The second-order valence-electron chi connectivity index (χ2n) is 4.06. The number of nitrogens with zero attached hydrogens (tertiary/aromatic N) is 2. The van der Waals surface area contributed by atoms with Crippen LogP contribution in [0.4, 0.5) is 0 Å². The summed E-state index contributed by atoms with van der Waals surface area (Å²) in [6.45, 7) is 6.11. The normalized spacial score (nSPS) is 12.8. The van der Waals surface area contributed by atoms with Crippen LogP contribution in [0.1, 0.15) is 33.3 Å². The molecule has 0 saturated carbocycles. The standard InChI is InChI=1S/C12H15N3S/c1-7-4-5-8(2)10(6-7)11(13)12-9(3)14-15-16-12/h4-6,11H,13H2,1-3H3. The number of hydrogen-bond donors (Lipinski definition) is 1. The first-order chi connectivity index (χ1) is 7.59. The van der Waals surface area contributed by atoms with E-state index in [1.165, 1.54) is 22.7 Å². The minimum atomic E-state index is -0.111. The zero-order valence-electron chi connectivity index (χ0n) is 9.69. The molecule has 0 amide bonds. The SMILES string of the molecule is Cc1ccc(C)c(C(N)c2snnc2C)c1. The van der Waals surface area contributed by atoms with Gasteiger partial charge in [-0.2, -0.15) is 0 Å². The maximum Gasteiger partial charge on any atom is 0.0776 e. The average molecular weight is 233 g/mol. The van der Waals surface area contributed by atoms with Gasteiger partial charge in [-0.3, -0.25) is 0 Å². The van der Waals surface area contributed by atoms with Crippen molar-refractivity contribution in [2.75, 3.05) is 0 Å². The summed E-state index contributed by atoms with van der Waals surface area (Å²) in [5, 5.41) is 4.00. The van der Waals surface area contributed by atoms with Crippen LogP contribution in [0.25, 0.3) is 0 Å². The van der Waals surface area contributed by atoms with Gasteiger partial charge in [0.25, 0.3) is 0 Å². The molecule has 0 bridgehead atoms. The fraction of sp³-hybridized carbons (Fsp3) is 0.333. The number of aryl methyl sites for hydroxylation is 3. The molecule has 1 heterocycles. The van der Waals surface area contributed by atoms with Crippen LogP contribution in [0, 0.1) is 20.8 Å². The van der Waals surface area contributed by atoms with Crippen molar-refractivity contribution < 1.29 is 0 Å². The van der Waals surface area contributed by atoms with E-state index < -0.39 is 0 Å². The van der Waals surface area contributed by atoms with Gasteiger partial charge in [0.05, 0.1) is 16.6 Å². The van der Waals surface area contributed by atoms with E-state index in [-0.39, 0.29) is 6.04 Å². The quantitative estimate of drug-likeness (QED) is 0.867. The molecule has 0 fully saturated rings. The Bertz CT molecular complexity index is 505.